The van der Waals surface area contributed by atoms with Gasteiger partial charge >= 0.3 is 6.18 Å². The number of alkyl halides is 3. The average molecular weight is 541 g/mol. The molecule has 2 saturated heterocycles. The second-order valence-electron chi connectivity index (χ2n) is 10.5. The van der Waals surface area contributed by atoms with Gasteiger partial charge in [-0.1, -0.05) is 35.9 Å². The summed E-state index contributed by atoms with van der Waals surface area (Å²) in [5, 5.41) is 0.491. The molecule has 0 radical (unpaired) electrons. The van der Waals surface area contributed by atoms with Gasteiger partial charge in [-0.05, 0) is 92.2 Å². The largest absolute Gasteiger partial charge is 0.489 e. The molecule has 0 N–H and O–H groups in total. The zero-order chi connectivity index (χ0) is 26.6. The van der Waals surface area contributed by atoms with Crippen LogP contribution in [0, 0.1) is 0 Å². The van der Waals surface area contributed by atoms with Crippen molar-refractivity contribution in [2.24, 2.45) is 0 Å². The first-order valence-corrected chi connectivity index (χ1v) is 13.4. The number of piperidine rings is 1. The molecule has 38 heavy (non-hydrogen) atoms. The van der Waals surface area contributed by atoms with Crippen LogP contribution in [0.1, 0.15) is 47.2 Å². The van der Waals surface area contributed by atoms with E-state index in [0.29, 0.717) is 52.6 Å². The van der Waals surface area contributed by atoms with E-state index in [-0.39, 0.29) is 12.0 Å². The molecule has 8 heteroatoms. The minimum absolute atomic E-state index is 0.123. The van der Waals surface area contributed by atoms with Crippen molar-refractivity contribution in [2.45, 2.75) is 56.5 Å². The van der Waals surface area contributed by atoms with Crippen LogP contribution in [-0.2, 0) is 12.6 Å². The van der Waals surface area contributed by atoms with Crippen LogP contribution in [0.3, 0.4) is 0 Å². The van der Waals surface area contributed by atoms with Crippen molar-refractivity contribution < 1.29 is 22.7 Å². The van der Waals surface area contributed by atoms with E-state index in [1.54, 1.807) is 23.1 Å². The third kappa shape index (κ3) is 4.67. The quantitative estimate of drug-likeness (QED) is 0.350. The number of ether oxygens (including phenoxy) is 1. The van der Waals surface area contributed by atoms with Crippen LogP contribution in [0.15, 0.2) is 60.7 Å². The molecule has 198 valence electrons. The van der Waals surface area contributed by atoms with Crippen molar-refractivity contribution in [1.29, 1.82) is 0 Å². The molecule has 0 aliphatic carbocycles. The van der Waals surface area contributed by atoms with Gasteiger partial charge in [-0.25, -0.2) is 0 Å². The summed E-state index contributed by atoms with van der Waals surface area (Å²) in [5.74, 6) is 0.525. The van der Waals surface area contributed by atoms with Crippen molar-refractivity contribution in [3.8, 4) is 16.9 Å². The Labute approximate surface area is 225 Å². The van der Waals surface area contributed by atoms with E-state index in [1.807, 2.05) is 18.2 Å². The predicted octanol–water partition coefficient (Wildman–Crippen LogP) is 7.23. The van der Waals surface area contributed by atoms with E-state index in [9.17, 15) is 18.0 Å². The van der Waals surface area contributed by atoms with Crippen LogP contribution in [0.25, 0.3) is 11.1 Å². The summed E-state index contributed by atoms with van der Waals surface area (Å²) in [4.78, 5) is 17.5. The Bertz CT molecular complexity index is 1360. The number of hydrogen-bond donors (Lipinski definition) is 0. The van der Waals surface area contributed by atoms with Gasteiger partial charge in [0.15, 0.2) is 0 Å². The van der Waals surface area contributed by atoms with Crippen LogP contribution in [-0.4, -0.2) is 42.6 Å². The smallest absolute Gasteiger partial charge is 0.416 e. The molecule has 3 aliphatic heterocycles. The minimum Gasteiger partial charge on any atom is -0.489 e. The number of nitrogens with zero attached hydrogens (tertiary/aromatic N) is 2. The summed E-state index contributed by atoms with van der Waals surface area (Å²) in [6.45, 7) is 0.483. The number of fused-ring (bicyclic) bond motifs is 3. The maximum Gasteiger partial charge on any atom is 0.416 e. The summed E-state index contributed by atoms with van der Waals surface area (Å²) in [5.41, 5.74) is 2.96. The Morgan fingerprint density at radius 2 is 1.61 bits per heavy atom. The lowest BCUT2D eigenvalue weighted by molar-refractivity contribution is -0.137. The average Bonchev–Trinajstić information content (AvgIpc) is 3.09. The molecule has 3 aromatic carbocycles. The summed E-state index contributed by atoms with van der Waals surface area (Å²) >= 11 is 6.62. The van der Waals surface area contributed by atoms with Gasteiger partial charge in [0.2, 0.25) is 0 Å². The molecular weight excluding hydrogens is 513 g/mol. The van der Waals surface area contributed by atoms with E-state index in [4.69, 9.17) is 16.3 Å². The normalized spacial score (nSPS) is 23.4. The topological polar surface area (TPSA) is 32.8 Å². The number of carbonyl (C=O) groups is 1. The standard InChI is InChI=1S/C30H28ClF3N2O2/c1-35-22-7-8-23(35)16-25(15-22)38-28-11-9-24(17-27(28)31)36-13-12-20-14-19(4-10-26(20)29(36)37)18-2-5-21(6-3-18)30(32,33)34/h2-6,9-11,14,17,22-23,25H,7-8,12-13,15-16H2,1H3/t22-,23+,25+. The molecule has 0 saturated carbocycles. The highest BCUT2D eigenvalue weighted by Gasteiger charge is 2.39. The number of anilines is 1. The third-order valence-electron chi connectivity index (χ3n) is 8.31. The van der Waals surface area contributed by atoms with Crippen LogP contribution in [0.4, 0.5) is 18.9 Å². The summed E-state index contributed by atoms with van der Waals surface area (Å²) in [6, 6.07) is 17.2. The first-order valence-electron chi connectivity index (χ1n) is 13.0. The van der Waals surface area contributed by atoms with Crippen LogP contribution in [0.2, 0.25) is 5.02 Å². The molecule has 2 fully saturated rings. The summed E-state index contributed by atoms with van der Waals surface area (Å²) in [7, 11) is 2.20. The molecule has 0 spiro atoms. The Morgan fingerprint density at radius 3 is 2.26 bits per heavy atom. The van der Waals surface area contributed by atoms with E-state index >= 15 is 0 Å². The molecule has 0 aromatic heterocycles. The highest BCUT2D eigenvalue weighted by molar-refractivity contribution is 6.32. The van der Waals surface area contributed by atoms with Crippen molar-refractivity contribution >= 4 is 23.2 Å². The molecule has 3 aliphatic rings. The first-order chi connectivity index (χ1) is 18.2. The minimum atomic E-state index is -4.37. The molecule has 4 nitrogen and oxygen atoms in total. The fourth-order valence-corrected chi connectivity index (χ4v) is 6.38. The van der Waals surface area contributed by atoms with E-state index in [1.165, 1.54) is 25.0 Å². The highest BCUT2D eigenvalue weighted by atomic mass is 35.5. The van der Waals surface area contributed by atoms with Gasteiger partial charge in [-0.15, -0.1) is 0 Å². The van der Waals surface area contributed by atoms with E-state index < -0.39 is 11.7 Å². The van der Waals surface area contributed by atoms with Gasteiger partial charge in [0, 0.05) is 29.9 Å². The van der Waals surface area contributed by atoms with Crippen molar-refractivity contribution in [1.82, 2.24) is 4.90 Å². The zero-order valence-electron chi connectivity index (χ0n) is 21.0. The molecule has 6 rings (SSSR count). The molecule has 2 bridgehead atoms. The van der Waals surface area contributed by atoms with Gasteiger partial charge in [-0.3, -0.25) is 4.79 Å². The lowest BCUT2D eigenvalue weighted by Crippen LogP contribution is -2.43. The molecule has 3 heterocycles. The lowest BCUT2D eigenvalue weighted by Gasteiger charge is -2.36. The number of rotatable bonds is 4. The van der Waals surface area contributed by atoms with Gasteiger partial charge in [-0.2, -0.15) is 13.2 Å². The van der Waals surface area contributed by atoms with Gasteiger partial charge in [0.1, 0.15) is 11.9 Å². The summed E-state index contributed by atoms with van der Waals surface area (Å²) in [6.07, 6.45) is 0.848. The molecule has 3 aromatic rings. The van der Waals surface area contributed by atoms with Gasteiger partial charge in [0.25, 0.3) is 5.91 Å². The molecule has 0 unspecified atom stereocenters. The monoisotopic (exact) mass is 540 g/mol. The van der Waals surface area contributed by atoms with Crippen molar-refractivity contribution in [3.05, 3.63) is 82.4 Å². The predicted molar refractivity (Wildman–Crippen MR) is 142 cm³/mol. The number of benzene rings is 3. The Balaban J connectivity index is 1.17. The Kier molecular flexibility index (Phi) is 6.39. The fourth-order valence-electron chi connectivity index (χ4n) is 6.16. The van der Waals surface area contributed by atoms with Gasteiger partial charge < -0.3 is 14.5 Å². The zero-order valence-corrected chi connectivity index (χ0v) is 21.7. The third-order valence-corrected chi connectivity index (χ3v) is 8.60. The Morgan fingerprint density at radius 1 is 0.921 bits per heavy atom. The SMILES string of the molecule is CN1[C@@H]2CC[C@H]1C[C@@H](Oc1ccc(N3CCc4cc(-c5ccc(C(F)(F)F)cc5)ccc4C3=O)cc1Cl)C2. The first kappa shape index (κ1) is 25.3. The molecule has 1 amide bonds. The van der Waals surface area contributed by atoms with E-state index in [0.717, 1.165) is 36.1 Å². The van der Waals surface area contributed by atoms with Crippen LogP contribution < -0.4 is 9.64 Å². The maximum absolute atomic E-state index is 13.4. The highest BCUT2D eigenvalue weighted by Crippen LogP contribution is 2.39. The second kappa shape index (κ2) is 9.62. The maximum atomic E-state index is 13.4. The number of hydrogen-bond acceptors (Lipinski definition) is 3. The second-order valence-corrected chi connectivity index (χ2v) is 10.9. The van der Waals surface area contributed by atoms with Crippen LogP contribution in [0.5, 0.6) is 5.75 Å². The number of carbonyl (C=O) groups excluding carboxylic acids is 1. The number of halogens is 4. The van der Waals surface area contributed by atoms with Gasteiger partial charge in [0.05, 0.1) is 10.6 Å². The van der Waals surface area contributed by atoms with E-state index in [2.05, 4.69) is 11.9 Å². The number of amides is 1. The fraction of sp³-hybridized carbons (Fsp3) is 0.367. The lowest BCUT2D eigenvalue weighted by atomic mass is 9.93. The Hall–Kier alpha value is -3.03. The van der Waals surface area contributed by atoms with Crippen LogP contribution >= 0.6 is 11.6 Å². The molecule has 3 atom stereocenters. The molecular formula is C30H28ClF3N2O2. The van der Waals surface area contributed by atoms with Crippen molar-refractivity contribution in [3.63, 3.8) is 0 Å². The van der Waals surface area contributed by atoms with Crippen molar-refractivity contribution in [2.75, 3.05) is 18.5 Å². The summed E-state index contributed by atoms with van der Waals surface area (Å²) < 4.78 is 45.0.